The second-order valence-corrected chi connectivity index (χ2v) is 32.9. The molecule has 12 aromatic rings. The topological polar surface area (TPSA) is 76.6 Å². The fourth-order valence-corrected chi connectivity index (χ4v) is 32.3. The van der Waals surface area contributed by atoms with Crippen LogP contribution < -0.4 is 0 Å². The number of furan rings is 2. The van der Waals surface area contributed by atoms with Crippen molar-refractivity contribution in [3.05, 3.63) is 243 Å². The number of aryl methyl sites for hydroxylation is 2. The Bertz CT molecular complexity index is 3660. The normalized spacial score (nSPS) is 14.3. The third kappa shape index (κ3) is 9.06. The van der Waals surface area contributed by atoms with Crippen LogP contribution in [-0.2, 0) is 19.2 Å². The van der Waals surface area contributed by atoms with Crippen LogP contribution in [0.5, 0.6) is 11.5 Å². The minimum atomic E-state index is -1.13. The monoisotopic (exact) mass is 1050 g/mol. The van der Waals surface area contributed by atoms with Gasteiger partial charge in [-0.2, -0.15) is 49.2 Å². The van der Waals surface area contributed by atoms with Gasteiger partial charge < -0.3 is 0 Å². The van der Waals surface area contributed by atoms with Crippen LogP contribution in [0.4, 0.5) is 0 Å². The Labute approximate surface area is 431 Å². The zero-order chi connectivity index (χ0) is 49.3. The van der Waals surface area contributed by atoms with Crippen LogP contribution >= 0.6 is 14.2 Å². The van der Waals surface area contributed by atoms with Crippen molar-refractivity contribution in [2.45, 2.75) is 30.1 Å². The van der Waals surface area contributed by atoms with Crippen LogP contribution in [0.25, 0.3) is 77.2 Å². The smallest absolute Gasteiger partial charge is 0.0866 e. The minimum Gasteiger partial charge on any atom is -0.199 e. The van der Waals surface area contributed by atoms with Crippen LogP contribution in [0, 0.1) is 27.7 Å². The van der Waals surface area contributed by atoms with Crippen LogP contribution in [-0.4, -0.2) is 30.9 Å². The van der Waals surface area contributed by atoms with Crippen molar-refractivity contribution in [1.29, 1.82) is 0 Å². The van der Waals surface area contributed by atoms with E-state index in [4.69, 9.17) is 8.83 Å². The number of hydrogen-bond donors (Lipinski definition) is 2. The van der Waals surface area contributed by atoms with Gasteiger partial charge in [0.05, 0.1) is 0 Å². The molecule has 0 saturated carbocycles. The molecule has 4 aromatic heterocycles. The number of fused-ring (bicyclic) bond motifs is 6. The number of aromatic nitrogens is 2. The SMILES string of the molecule is Cc1cc(-c2cocc2[S]2=[Zr]=[S](c3cocc3-c3cc(C)cc(-n4c5ccccc5c5ccccc54)c3O)CCC2)c(O)c(-n2c3ccccc3c3ccccc32)c1.[CH2-]c1ccccc1.[CH2-]c1ccccc1. The van der Waals surface area contributed by atoms with Gasteiger partial charge in [-0.15, -0.1) is 24.3 Å². The molecule has 0 aliphatic carbocycles. The van der Waals surface area contributed by atoms with Gasteiger partial charge >= 0.3 is 349 Å². The van der Waals surface area contributed by atoms with E-state index in [-0.39, 0.29) is 25.7 Å². The molecule has 2 unspecified atom stereocenters. The number of benzene rings is 8. The first-order valence-electron chi connectivity index (χ1n) is 23.9. The molecular weight excluding hydrogens is 1000 g/mol. The average Bonchev–Trinajstić information content (AvgIpc) is 4.23. The number of aromatic hydroxyl groups is 2. The summed E-state index contributed by atoms with van der Waals surface area (Å²) in [6.07, 6.45) is 8.65. The summed E-state index contributed by atoms with van der Waals surface area (Å²) in [5.74, 6) is 2.76. The van der Waals surface area contributed by atoms with E-state index in [1.54, 1.807) is 0 Å². The van der Waals surface area contributed by atoms with Gasteiger partial charge in [-0.1, -0.05) is 12.1 Å². The molecule has 2 N–H and O–H groups in total. The van der Waals surface area contributed by atoms with Gasteiger partial charge in [-0.3, -0.25) is 0 Å². The summed E-state index contributed by atoms with van der Waals surface area (Å²) < 4.78 is 16.5. The van der Waals surface area contributed by atoms with E-state index in [2.05, 4.69) is 158 Å². The fraction of sp³-hybridized carbons (Fsp3) is 0.0794. The number of nitrogens with zero attached hydrogens (tertiary/aromatic N) is 2. The Morgan fingerprint density at radius 3 is 1.10 bits per heavy atom. The third-order valence-corrected chi connectivity index (χ3v) is 32.9. The predicted octanol–water partition coefficient (Wildman–Crippen LogP) is 17.4. The Morgan fingerprint density at radius 1 is 0.431 bits per heavy atom. The summed E-state index contributed by atoms with van der Waals surface area (Å²) in [6.45, 7) is 11.6. The van der Waals surface area contributed by atoms with Crippen molar-refractivity contribution in [2.75, 3.05) is 11.5 Å². The first-order valence-corrected chi connectivity index (χ1v) is 32.7. The van der Waals surface area contributed by atoms with E-state index in [0.717, 1.165) is 117 Å². The molecule has 9 heteroatoms. The van der Waals surface area contributed by atoms with Crippen molar-refractivity contribution in [2.24, 2.45) is 0 Å². The molecule has 5 heterocycles. The van der Waals surface area contributed by atoms with E-state index in [9.17, 15) is 10.2 Å². The summed E-state index contributed by atoms with van der Waals surface area (Å²) in [6, 6.07) is 61.8. The molecule has 2 atom stereocenters. The molecule has 1 aliphatic rings. The standard InChI is InChI=1S/C49H38N2O4S2.2C7H7.Zr/c1-30-22-36(48(52)44(24-30)50-40-16-7-3-12-32(40)33-13-4-8-17-41(33)50)38-26-54-28-46(38)56-20-11-21-57-47-29-55-27-39(47)37-23-31(2)25-45(49(37)53)51-42-18-9-5-14-34(42)35-15-6-10-19-43(35)51;2*1-7-5-3-2-4-6-7;/h3-10,12-19,22-29,52-53H,11,20-21H2,1-2H3;2*2-6H,1H2;/q;2*-1;. The van der Waals surface area contributed by atoms with Crippen molar-refractivity contribution in [1.82, 2.24) is 9.13 Å². The molecule has 1 aliphatic heterocycles. The van der Waals surface area contributed by atoms with E-state index in [1.807, 2.05) is 85.7 Å². The molecule has 0 amide bonds. The molecule has 13 rings (SSSR count). The minimum absolute atomic E-state index is 0.0214. The van der Waals surface area contributed by atoms with Gasteiger partial charge in [0.1, 0.15) is 0 Å². The zero-order valence-corrected chi connectivity index (χ0v) is 44.2. The van der Waals surface area contributed by atoms with Crippen LogP contribution in [0.1, 0.15) is 28.7 Å². The number of phenolic OH excluding ortho intramolecular Hbond substituents is 2. The van der Waals surface area contributed by atoms with Crippen LogP contribution in [0.15, 0.2) is 226 Å². The van der Waals surface area contributed by atoms with Gasteiger partial charge in [-0.25, -0.2) is 0 Å². The maximum atomic E-state index is 12.2. The Kier molecular flexibility index (Phi) is 13.4. The molecule has 0 saturated heterocycles. The molecule has 72 heavy (non-hydrogen) atoms. The molecule has 0 radical (unpaired) electrons. The Morgan fingerprint density at radius 2 is 0.764 bits per heavy atom. The summed E-state index contributed by atoms with van der Waals surface area (Å²) in [5.41, 5.74) is 13.7. The van der Waals surface area contributed by atoms with E-state index >= 15 is 0 Å². The molecule has 0 fully saturated rings. The molecule has 0 spiro atoms. The number of phenols is 2. The molecule has 6 nitrogen and oxygen atoms in total. The predicted molar refractivity (Wildman–Crippen MR) is 298 cm³/mol. The van der Waals surface area contributed by atoms with Crippen molar-refractivity contribution < 1.29 is 38.2 Å². The van der Waals surface area contributed by atoms with Crippen molar-refractivity contribution in [3.8, 4) is 45.1 Å². The molecule has 8 aromatic carbocycles. The summed E-state index contributed by atoms with van der Waals surface area (Å²) in [5, 5.41) is 29.1. The number of rotatable bonds is 6. The molecule has 0 bridgehead atoms. The quantitative estimate of drug-likeness (QED) is 0.163. The number of hydrogen-bond acceptors (Lipinski definition) is 4. The fourth-order valence-electron chi connectivity index (χ4n) is 9.80. The maximum Gasteiger partial charge on any atom is -0.0866 e. The van der Waals surface area contributed by atoms with Gasteiger partial charge in [0, 0.05) is 0 Å². The van der Waals surface area contributed by atoms with Gasteiger partial charge in [0.15, 0.2) is 0 Å². The van der Waals surface area contributed by atoms with Crippen LogP contribution in [0.3, 0.4) is 0 Å². The molecular formula is C63H52N2O4S2Zr-2. The average molecular weight is 1060 g/mol. The summed E-state index contributed by atoms with van der Waals surface area (Å²) in [7, 11) is 0.0428. The second kappa shape index (κ2) is 20.5. The molecule has 356 valence electrons. The van der Waals surface area contributed by atoms with E-state index in [0.29, 0.717) is 0 Å². The summed E-state index contributed by atoms with van der Waals surface area (Å²) in [4.78, 5) is 2.44. The maximum absolute atomic E-state index is 12.2. The van der Waals surface area contributed by atoms with Gasteiger partial charge in [0.2, 0.25) is 0 Å². The Balaban J connectivity index is 0.000000347. The van der Waals surface area contributed by atoms with Crippen LogP contribution in [0.2, 0.25) is 0 Å². The first-order chi connectivity index (χ1) is 35.2. The largest absolute Gasteiger partial charge is 0.199 e. The Hall–Kier alpha value is -7.16. The van der Waals surface area contributed by atoms with Crippen molar-refractivity contribution >= 4 is 57.9 Å². The van der Waals surface area contributed by atoms with E-state index < -0.39 is 19.2 Å². The first kappa shape index (κ1) is 47.2. The van der Waals surface area contributed by atoms with Crippen molar-refractivity contribution in [3.63, 3.8) is 0 Å². The third-order valence-electron chi connectivity index (χ3n) is 13.1. The zero-order valence-electron chi connectivity index (χ0n) is 40.1. The van der Waals surface area contributed by atoms with E-state index in [1.165, 1.54) is 9.79 Å². The van der Waals surface area contributed by atoms with Gasteiger partial charge in [0.25, 0.3) is 0 Å². The van der Waals surface area contributed by atoms with Gasteiger partial charge in [-0.05, 0) is 0 Å². The second-order valence-electron chi connectivity index (χ2n) is 18.0. The number of para-hydroxylation sites is 4. The summed E-state index contributed by atoms with van der Waals surface area (Å²) >= 11 is -1.13.